The van der Waals surface area contributed by atoms with Crippen LogP contribution >= 0.6 is 0 Å². The van der Waals surface area contributed by atoms with Gasteiger partial charge >= 0.3 is 0 Å². The van der Waals surface area contributed by atoms with E-state index in [9.17, 15) is 22.8 Å². The van der Waals surface area contributed by atoms with Crippen molar-refractivity contribution >= 4 is 27.7 Å². The Labute approximate surface area is 151 Å². The van der Waals surface area contributed by atoms with E-state index in [1.54, 1.807) is 12.1 Å². The molecule has 1 saturated carbocycles. The summed E-state index contributed by atoms with van der Waals surface area (Å²) in [6.07, 6.45) is 3.51. The molecule has 3 N–H and O–H groups in total. The molecule has 0 aromatic heterocycles. The summed E-state index contributed by atoms with van der Waals surface area (Å²) in [5.41, 5.74) is 0.0954. The third-order valence-corrected chi connectivity index (χ3v) is 6.02. The number of carbonyl (C=O) groups is 3. The Bertz CT molecular complexity index is 842. The lowest BCUT2D eigenvalue weighted by molar-refractivity contribution is -0.144. The molecule has 9 heteroatoms. The van der Waals surface area contributed by atoms with E-state index in [1.807, 2.05) is 0 Å². The Morgan fingerprint density at radius 2 is 1.77 bits per heavy atom. The van der Waals surface area contributed by atoms with Crippen molar-refractivity contribution in [2.75, 3.05) is 6.54 Å². The van der Waals surface area contributed by atoms with Crippen LogP contribution in [0.2, 0.25) is 0 Å². The van der Waals surface area contributed by atoms with Crippen molar-refractivity contribution in [3.05, 3.63) is 29.8 Å². The fourth-order valence-corrected chi connectivity index (χ4v) is 4.18. The summed E-state index contributed by atoms with van der Waals surface area (Å²) in [5.74, 6) is -0.950. The van der Waals surface area contributed by atoms with Crippen molar-refractivity contribution < 1.29 is 22.8 Å². The highest BCUT2D eigenvalue weighted by atomic mass is 32.2. The summed E-state index contributed by atoms with van der Waals surface area (Å²) >= 11 is 0. The minimum atomic E-state index is -3.76. The largest absolute Gasteiger partial charge is 0.350 e. The first kappa shape index (κ1) is 18.5. The lowest BCUT2D eigenvalue weighted by Crippen LogP contribution is -2.42. The number of primary sulfonamides is 1. The monoisotopic (exact) mass is 379 g/mol. The third kappa shape index (κ3) is 3.63. The van der Waals surface area contributed by atoms with Gasteiger partial charge in [-0.3, -0.25) is 19.3 Å². The molecule has 8 nitrogen and oxygen atoms in total. The molecule has 1 heterocycles. The van der Waals surface area contributed by atoms with Gasteiger partial charge in [-0.1, -0.05) is 25.0 Å². The maximum absolute atomic E-state index is 12.5. The predicted octanol–water partition coefficient (Wildman–Crippen LogP) is 0.269. The molecule has 140 valence electrons. The number of carbonyl (C=O) groups excluding carboxylic acids is 3. The fraction of sp³-hybridized carbons (Fsp3) is 0.471. The second-order valence-corrected chi connectivity index (χ2v) is 8.48. The summed E-state index contributed by atoms with van der Waals surface area (Å²) < 4.78 is 22.4. The second-order valence-electron chi connectivity index (χ2n) is 6.91. The zero-order chi connectivity index (χ0) is 18.9. The van der Waals surface area contributed by atoms with Crippen molar-refractivity contribution in [1.82, 2.24) is 10.2 Å². The van der Waals surface area contributed by atoms with Crippen LogP contribution < -0.4 is 10.5 Å². The molecule has 1 aliphatic carbocycles. The number of rotatable bonds is 5. The highest BCUT2D eigenvalue weighted by Gasteiger charge is 2.52. The molecular formula is C17H21N3O5S. The highest BCUT2D eigenvalue weighted by Crippen LogP contribution is 2.46. The second kappa shape index (κ2) is 6.81. The number of nitrogens with zero attached hydrogens (tertiary/aromatic N) is 1. The van der Waals surface area contributed by atoms with E-state index >= 15 is 0 Å². The van der Waals surface area contributed by atoms with Crippen LogP contribution in [0.3, 0.4) is 0 Å². The molecule has 1 aromatic carbocycles. The van der Waals surface area contributed by atoms with E-state index < -0.39 is 21.3 Å². The summed E-state index contributed by atoms with van der Waals surface area (Å²) in [6.45, 7) is -0.125. The van der Waals surface area contributed by atoms with Gasteiger partial charge in [-0.25, -0.2) is 13.6 Å². The van der Waals surface area contributed by atoms with Gasteiger partial charge in [0.05, 0.1) is 10.3 Å². The van der Waals surface area contributed by atoms with Crippen LogP contribution in [-0.4, -0.2) is 37.6 Å². The van der Waals surface area contributed by atoms with E-state index in [-0.39, 0.29) is 36.2 Å². The molecule has 1 saturated heterocycles. The SMILES string of the molecule is NS(=O)(=O)c1ccc(CNC(=O)CN2C(=O)CC3(CCCC3)C2=O)cc1. The maximum atomic E-state index is 12.5. The van der Waals surface area contributed by atoms with Crippen LogP contribution in [0.1, 0.15) is 37.7 Å². The van der Waals surface area contributed by atoms with Gasteiger partial charge in [-0.15, -0.1) is 0 Å². The van der Waals surface area contributed by atoms with Crippen molar-refractivity contribution in [2.24, 2.45) is 10.6 Å². The van der Waals surface area contributed by atoms with Gasteiger partial charge in [0, 0.05) is 13.0 Å². The quantitative estimate of drug-likeness (QED) is 0.710. The van der Waals surface area contributed by atoms with E-state index in [0.29, 0.717) is 18.4 Å². The summed E-state index contributed by atoms with van der Waals surface area (Å²) in [5, 5.41) is 7.67. The van der Waals surface area contributed by atoms with Crippen molar-refractivity contribution in [3.63, 3.8) is 0 Å². The number of nitrogens with one attached hydrogen (secondary N) is 1. The predicted molar refractivity (Wildman–Crippen MR) is 91.9 cm³/mol. The zero-order valence-corrected chi connectivity index (χ0v) is 15.0. The van der Waals surface area contributed by atoms with Crippen LogP contribution in [0.5, 0.6) is 0 Å². The summed E-state index contributed by atoms with van der Waals surface area (Å²) in [7, 11) is -3.76. The first-order valence-electron chi connectivity index (χ1n) is 8.45. The van der Waals surface area contributed by atoms with Gasteiger partial charge in [0.1, 0.15) is 6.54 Å². The fourth-order valence-electron chi connectivity index (χ4n) is 3.66. The third-order valence-electron chi connectivity index (χ3n) is 5.09. The van der Waals surface area contributed by atoms with Gasteiger partial charge in [0.15, 0.2) is 0 Å². The number of likely N-dealkylation sites (tertiary alicyclic amines) is 1. The molecule has 3 amide bonds. The van der Waals surface area contributed by atoms with Crippen LogP contribution in [0, 0.1) is 5.41 Å². The number of benzene rings is 1. The molecule has 26 heavy (non-hydrogen) atoms. The van der Waals surface area contributed by atoms with Crippen LogP contribution in [0.4, 0.5) is 0 Å². The maximum Gasteiger partial charge on any atom is 0.240 e. The van der Waals surface area contributed by atoms with Gasteiger partial charge in [0.25, 0.3) is 0 Å². The van der Waals surface area contributed by atoms with Crippen molar-refractivity contribution in [2.45, 2.75) is 43.5 Å². The molecule has 0 bridgehead atoms. The van der Waals surface area contributed by atoms with Gasteiger partial charge < -0.3 is 5.32 Å². The lowest BCUT2D eigenvalue weighted by Gasteiger charge is -2.20. The smallest absolute Gasteiger partial charge is 0.240 e. The average Bonchev–Trinajstić information content (AvgIpc) is 3.14. The Hall–Kier alpha value is -2.26. The normalized spacial score (nSPS) is 19.3. The topological polar surface area (TPSA) is 127 Å². The van der Waals surface area contributed by atoms with E-state index in [1.165, 1.54) is 12.1 Å². The number of nitrogens with two attached hydrogens (primary N) is 1. The Morgan fingerprint density at radius 1 is 1.15 bits per heavy atom. The summed E-state index contributed by atoms with van der Waals surface area (Å²) in [6, 6.07) is 5.79. The number of sulfonamides is 1. The molecule has 0 atom stereocenters. The molecule has 0 radical (unpaired) electrons. The van der Waals surface area contributed by atoms with E-state index in [2.05, 4.69) is 5.32 Å². The minimum Gasteiger partial charge on any atom is -0.350 e. The highest BCUT2D eigenvalue weighted by molar-refractivity contribution is 7.89. The van der Waals surface area contributed by atoms with Gasteiger partial charge in [-0.05, 0) is 30.5 Å². The van der Waals surface area contributed by atoms with Crippen molar-refractivity contribution in [3.8, 4) is 0 Å². The van der Waals surface area contributed by atoms with Crippen LogP contribution in [0.25, 0.3) is 0 Å². The van der Waals surface area contributed by atoms with Crippen LogP contribution in [-0.2, 0) is 31.0 Å². The molecule has 2 aliphatic rings. The Balaban J connectivity index is 1.56. The molecule has 0 unspecified atom stereocenters. The molecule has 1 spiro atoms. The summed E-state index contributed by atoms with van der Waals surface area (Å²) in [4.78, 5) is 37.8. The van der Waals surface area contributed by atoms with Crippen molar-refractivity contribution in [1.29, 1.82) is 0 Å². The lowest BCUT2D eigenvalue weighted by atomic mass is 9.84. The number of amides is 3. The molecule has 2 fully saturated rings. The molecular weight excluding hydrogens is 358 g/mol. The van der Waals surface area contributed by atoms with E-state index in [4.69, 9.17) is 5.14 Å². The van der Waals surface area contributed by atoms with Gasteiger partial charge in [0.2, 0.25) is 27.7 Å². The molecule has 1 aromatic rings. The van der Waals surface area contributed by atoms with E-state index in [0.717, 1.165) is 17.7 Å². The average molecular weight is 379 g/mol. The number of imide groups is 1. The van der Waals surface area contributed by atoms with Gasteiger partial charge in [-0.2, -0.15) is 0 Å². The number of hydrogen-bond acceptors (Lipinski definition) is 5. The standard InChI is InChI=1S/C17H21N3O5S/c18-26(24,25)13-5-3-12(4-6-13)10-19-14(21)11-20-15(22)9-17(16(20)23)7-1-2-8-17/h3-6H,1-2,7-11H2,(H,19,21)(H2,18,24,25). The number of hydrogen-bond donors (Lipinski definition) is 2. The van der Waals surface area contributed by atoms with Crippen LogP contribution in [0.15, 0.2) is 29.2 Å². The first-order valence-corrected chi connectivity index (χ1v) is 9.99. The Morgan fingerprint density at radius 3 is 2.35 bits per heavy atom. The minimum absolute atomic E-state index is 0.0114. The Kier molecular flexibility index (Phi) is 4.85. The molecule has 3 rings (SSSR count). The zero-order valence-electron chi connectivity index (χ0n) is 14.2. The first-order chi connectivity index (χ1) is 12.2. The molecule has 1 aliphatic heterocycles.